The van der Waals surface area contributed by atoms with Crippen molar-refractivity contribution in [1.29, 1.82) is 0 Å². The summed E-state index contributed by atoms with van der Waals surface area (Å²) in [6.07, 6.45) is 1.04. The Balaban J connectivity index is 1.93. The third kappa shape index (κ3) is 4.17. The summed E-state index contributed by atoms with van der Waals surface area (Å²) in [5.74, 6) is 0.643. The lowest BCUT2D eigenvalue weighted by atomic mass is 10.2. The van der Waals surface area contributed by atoms with Gasteiger partial charge in [-0.1, -0.05) is 42.2 Å². The number of rotatable bonds is 7. The fraction of sp³-hybridized carbons (Fsp3) is 0.333. The predicted octanol–water partition coefficient (Wildman–Crippen LogP) is 3.56. The molecule has 0 radical (unpaired) electrons. The Hall–Kier alpha value is -1.67. The van der Waals surface area contributed by atoms with E-state index in [-0.39, 0.29) is 10.6 Å². The molecule has 0 amide bonds. The van der Waals surface area contributed by atoms with Crippen molar-refractivity contribution < 1.29 is 4.92 Å². The van der Waals surface area contributed by atoms with E-state index in [0.717, 1.165) is 28.0 Å². The zero-order valence-corrected chi connectivity index (χ0v) is 12.5. The van der Waals surface area contributed by atoms with E-state index in [1.165, 1.54) is 29.2 Å². The summed E-state index contributed by atoms with van der Waals surface area (Å²) in [6, 6.07) is 6.65. The number of nitrogens with zero attached hydrogens (tertiary/aromatic N) is 3. The Kier molecular flexibility index (Phi) is 5.31. The SMILES string of the molecule is CCCNc1nnc(SCc2cccc([N+](=O)[O-])c2)s1. The highest BCUT2D eigenvalue weighted by Crippen LogP contribution is 2.29. The van der Waals surface area contributed by atoms with Gasteiger partial charge in [0.1, 0.15) is 0 Å². The quantitative estimate of drug-likeness (QED) is 0.478. The Bertz CT molecular complexity index is 588. The molecule has 6 nitrogen and oxygen atoms in total. The predicted molar refractivity (Wildman–Crippen MR) is 81.3 cm³/mol. The van der Waals surface area contributed by atoms with Crippen LogP contribution in [0.4, 0.5) is 10.8 Å². The molecule has 0 aliphatic heterocycles. The summed E-state index contributed by atoms with van der Waals surface area (Å²) >= 11 is 3.03. The van der Waals surface area contributed by atoms with Crippen LogP contribution in [0.2, 0.25) is 0 Å². The average molecular weight is 310 g/mol. The van der Waals surface area contributed by atoms with Gasteiger partial charge < -0.3 is 5.32 Å². The topological polar surface area (TPSA) is 81.0 Å². The maximum Gasteiger partial charge on any atom is 0.269 e. The van der Waals surface area contributed by atoms with Crippen molar-refractivity contribution in [3.63, 3.8) is 0 Å². The first-order valence-electron chi connectivity index (χ1n) is 6.12. The lowest BCUT2D eigenvalue weighted by Crippen LogP contribution is -1.98. The van der Waals surface area contributed by atoms with E-state index in [2.05, 4.69) is 22.4 Å². The summed E-state index contributed by atoms with van der Waals surface area (Å²) in [6.45, 7) is 2.97. The molecule has 2 rings (SSSR count). The van der Waals surface area contributed by atoms with Crippen molar-refractivity contribution in [3.8, 4) is 0 Å². The minimum atomic E-state index is -0.383. The normalized spacial score (nSPS) is 10.4. The smallest absolute Gasteiger partial charge is 0.269 e. The van der Waals surface area contributed by atoms with Crippen LogP contribution in [0.5, 0.6) is 0 Å². The summed E-state index contributed by atoms with van der Waals surface area (Å²) < 4.78 is 0.857. The minimum Gasteiger partial charge on any atom is -0.360 e. The van der Waals surface area contributed by atoms with Crippen molar-refractivity contribution in [2.45, 2.75) is 23.4 Å². The van der Waals surface area contributed by atoms with Gasteiger partial charge in [0.2, 0.25) is 5.13 Å². The summed E-state index contributed by atoms with van der Waals surface area (Å²) in [7, 11) is 0. The second-order valence-corrected chi connectivity index (χ2v) is 6.22. The molecule has 0 unspecified atom stereocenters. The highest BCUT2D eigenvalue weighted by molar-refractivity contribution is 8.00. The third-order valence-corrected chi connectivity index (χ3v) is 4.50. The van der Waals surface area contributed by atoms with Gasteiger partial charge in [0.15, 0.2) is 4.34 Å². The van der Waals surface area contributed by atoms with Gasteiger partial charge in [0, 0.05) is 24.4 Å². The van der Waals surface area contributed by atoms with E-state index in [0.29, 0.717) is 5.75 Å². The standard InChI is InChI=1S/C12H14N4O2S2/c1-2-6-13-11-14-15-12(20-11)19-8-9-4-3-5-10(7-9)16(17)18/h3-5,7H,2,6,8H2,1H3,(H,13,14). The molecule has 20 heavy (non-hydrogen) atoms. The van der Waals surface area contributed by atoms with E-state index in [1.807, 2.05) is 6.07 Å². The van der Waals surface area contributed by atoms with Crippen LogP contribution >= 0.6 is 23.1 Å². The van der Waals surface area contributed by atoms with E-state index in [1.54, 1.807) is 12.1 Å². The van der Waals surface area contributed by atoms with Crippen LogP contribution in [0, 0.1) is 10.1 Å². The molecule has 1 aromatic carbocycles. The molecule has 0 spiro atoms. The van der Waals surface area contributed by atoms with Gasteiger partial charge in [-0.2, -0.15) is 0 Å². The minimum absolute atomic E-state index is 0.116. The maximum atomic E-state index is 10.7. The van der Waals surface area contributed by atoms with Gasteiger partial charge in [0.25, 0.3) is 5.69 Å². The number of non-ortho nitro benzene ring substituents is 1. The van der Waals surface area contributed by atoms with Crippen molar-refractivity contribution in [2.75, 3.05) is 11.9 Å². The van der Waals surface area contributed by atoms with Crippen LogP contribution in [0.1, 0.15) is 18.9 Å². The number of hydrogen-bond donors (Lipinski definition) is 1. The summed E-state index contributed by atoms with van der Waals surface area (Å²) in [4.78, 5) is 10.3. The number of nitro benzene ring substituents is 1. The number of nitro groups is 1. The van der Waals surface area contributed by atoms with Crippen LogP contribution in [0.25, 0.3) is 0 Å². The van der Waals surface area contributed by atoms with E-state index in [9.17, 15) is 10.1 Å². The zero-order chi connectivity index (χ0) is 14.4. The largest absolute Gasteiger partial charge is 0.360 e. The molecule has 1 aromatic heterocycles. The van der Waals surface area contributed by atoms with Crippen LogP contribution in [-0.2, 0) is 5.75 Å². The monoisotopic (exact) mass is 310 g/mol. The number of anilines is 1. The van der Waals surface area contributed by atoms with Crippen LogP contribution in [-0.4, -0.2) is 21.7 Å². The lowest BCUT2D eigenvalue weighted by Gasteiger charge is -1.98. The Morgan fingerprint density at radius 2 is 2.30 bits per heavy atom. The second kappa shape index (κ2) is 7.20. The second-order valence-electron chi connectivity index (χ2n) is 4.02. The van der Waals surface area contributed by atoms with E-state index in [4.69, 9.17) is 0 Å². The number of thioether (sulfide) groups is 1. The fourth-order valence-electron chi connectivity index (χ4n) is 1.48. The molecule has 1 heterocycles. The molecule has 8 heteroatoms. The molecule has 0 atom stereocenters. The molecule has 0 saturated carbocycles. The zero-order valence-electron chi connectivity index (χ0n) is 10.9. The first kappa shape index (κ1) is 14.7. The number of hydrogen-bond acceptors (Lipinski definition) is 7. The van der Waals surface area contributed by atoms with Crippen molar-refractivity contribution in [2.24, 2.45) is 0 Å². The van der Waals surface area contributed by atoms with Crippen molar-refractivity contribution >= 4 is 33.9 Å². The summed E-state index contributed by atoms with van der Waals surface area (Å²) in [5.41, 5.74) is 1.02. The molecule has 0 bridgehead atoms. The van der Waals surface area contributed by atoms with Gasteiger partial charge in [-0.25, -0.2) is 0 Å². The van der Waals surface area contributed by atoms with Crippen LogP contribution in [0.15, 0.2) is 28.6 Å². The molecule has 0 aliphatic rings. The first-order chi connectivity index (χ1) is 9.69. The molecule has 0 aliphatic carbocycles. The van der Waals surface area contributed by atoms with Crippen LogP contribution in [0.3, 0.4) is 0 Å². The molecule has 1 N–H and O–H groups in total. The van der Waals surface area contributed by atoms with Gasteiger partial charge >= 0.3 is 0 Å². The lowest BCUT2D eigenvalue weighted by molar-refractivity contribution is -0.384. The number of nitrogens with one attached hydrogen (secondary N) is 1. The maximum absolute atomic E-state index is 10.7. The molecule has 106 valence electrons. The van der Waals surface area contributed by atoms with Crippen LogP contribution < -0.4 is 5.32 Å². The van der Waals surface area contributed by atoms with Gasteiger partial charge in [-0.3, -0.25) is 10.1 Å². The van der Waals surface area contributed by atoms with E-state index < -0.39 is 0 Å². The number of aromatic nitrogens is 2. The Labute approximate surface area is 124 Å². The highest BCUT2D eigenvalue weighted by atomic mass is 32.2. The molecule has 0 saturated heterocycles. The Morgan fingerprint density at radius 1 is 1.45 bits per heavy atom. The van der Waals surface area contributed by atoms with Gasteiger partial charge in [-0.05, 0) is 12.0 Å². The first-order valence-corrected chi connectivity index (χ1v) is 7.92. The van der Waals surface area contributed by atoms with Crippen molar-refractivity contribution in [1.82, 2.24) is 10.2 Å². The average Bonchev–Trinajstić information content (AvgIpc) is 2.91. The Morgan fingerprint density at radius 3 is 3.05 bits per heavy atom. The van der Waals surface area contributed by atoms with Gasteiger partial charge in [0.05, 0.1) is 4.92 Å². The third-order valence-electron chi connectivity index (χ3n) is 2.42. The van der Waals surface area contributed by atoms with E-state index >= 15 is 0 Å². The molecular formula is C12H14N4O2S2. The van der Waals surface area contributed by atoms with Gasteiger partial charge in [-0.15, -0.1) is 10.2 Å². The molecule has 0 fully saturated rings. The highest BCUT2D eigenvalue weighted by Gasteiger charge is 2.08. The van der Waals surface area contributed by atoms with Crippen molar-refractivity contribution in [3.05, 3.63) is 39.9 Å². The summed E-state index contributed by atoms with van der Waals surface area (Å²) in [5, 5.41) is 22.8. The molecular weight excluding hydrogens is 296 g/mol. The molecule has 2 aromatic rings. The fourth-order valence-corrected chi connectivity index (χ4v) is 3.20. The number of benzene rings is 1.